The molecule has 0 bridgehead atoms. The molecule has 8 heavy (non-hydrogen) atoms. The Hall–Kier alpha value is -0.755. The third kappa shape index (κ3) is 3.44. The molecule has 0 fully saturated rings. The third-order valence-electron chi connectivity index (χ3n) is 0.667. The Labute approximate surface area is 50.4 Å². The molecule has 0 saturated carbocycles. The van der Waals surface area contributed by atoms with Gasteiger partial charge < -0.3 is 5.02 Å². The van der Waals surface area contributed by atoms with E-state index in [2.05, 4.69) is 0 Å². The Balaban J connectivity index is 0.000000222. The molecule has 0 unspecified atom stereocenters. The van der Waals surface area contributed by atoms with Crippen molar-refractivity contribution in [3.8, 4) is 0 Å². The van der Waals surface area contributed by atoms with Crippen LogP contribution in [0.25, 0.3) is 0 Å². The monoisotopic (exact) mass is 108 g/mol. The molecule has 1 aromatic rings. The lowest BCUT2D eigenvalue weighted by molar-refractivity contribution is 0.629. The van der Waals surface area contributed by atoms with Gasteiger partial charge in [-0.05, 0) is 0 Å². The van der Waals surface area contributed by atoms with Gasteiger partial charge in [-0.1, -0.05) is 36.4 Å². The van der Waals surface area contributed by atoms with Crippen LogP contribution in [0.2, 0.25) is 0 Å². The smallest absolute Gasteiger partial charge is 0.252 e. The third-order valence-corrected chi connectivity index (χ3v) is 0.667. The van der Waals surface area contributed by atoms with Gasteiger partial charge in [-0.15, -0.1) is 0 Å². The van der Waals surface area contributed by atoms with Crippen molar-refractivity contribution in [1.29, 1.82) is 0 Å². The van der Waals surface area contributed by atoms with Crippen LogP contribution in [0.3, 0.4) is 0 Å². The van der Waals surface area contributed by atoms with Gasteiger partial charge in [-0.2, -0.15) is 0 Å². The van der Waals surface area contributed by atoms with E-state index in [1.165, 1.54) is 0 Å². The molecule has 42 valence electrons. The van der Waals surface area contributed by atoms with Crippen molar-refractivity contribution in [2.75, 3.05) is 0 Å². The minimum Gasteiger partial charge on any atom is -0.458 e. The van der Waals surface area contributed by atoms with Crippen LogP contribution in [0.1, 0.15) is 0 Å². The summed E-state index contributed by atoms with van der Waals surface area (Å²) in [4.78, 5) is 0. The molecule has 1 nitrogen and oxygen atoms in total. The first-order valence-electron chi connectivity index (χ1n) is 2.45. The molecule has 0 radical (unpaired) electrons. The summed E-state index contributed by atoms with van der Waals surface area (Å²) in [5.41, 5.74) is 0. The Morgan fingerprint density at radius 2 is 0.750 bits per heavy atom. The minimum absolute atomic E-state index is 1.00. The second-order valence-corrected chi connectivity index (χ2v) is 1.15. The van der Waals surface area contributed by atoms with Crippen molar-refractivity contribution >= 4 is 8.05 Å². The second kappa shape index (κ2) is 6.24. The summed E-state index contributed by atoms with van der Waals surface area (Å²) >= 11 is 0. The van der Waals surface area contributed by atoms with Crippen LogP contribution in [0.15, 0.2) is 36.4 Å². The minimum atomic E-state index is 1.00. The van der Waals surface area contributed by atoms with E-state index in [-0.39, 0.29) is 0 Å². The maximum atomic E-state index is 7.00. The van der Waals surface area contributed by atoms with Gasteiger partial charge in [0.1, 0.15) is 0 Å². The highest BCUT2D eigenvalue weighted by molar-refractivity contribution is 5.95. The summed E-state index contributed by atoms with van der Waals surface area (Å²) in [6.07, 6.45) is 0. The molecule has 0 atom stereocenters. The molecule has 0 amide bonds. The number of benzene rings is 1. The van der Waals surface area contributed by atoms with Gasteiger partial charge in [0, 0.05) is 0 Å². The molecule has 1 N–H and O–H groups in total. The van der Waals surface area contributed by atoms with Crippen molar-refractivity contribution in [1.82, 2.24) is 0 Å². The highest BCUT2D eigenvalue weighted by Gasteiger charge is 1.57. The quantitative estimate of drug-likeness (QED) is 0.471. The molecule has 0 aliphatic heterocycles. The van der Waals surface area contributed by atoms with Crippen LogP contribution in [0, 0.1) is 0 Å². The predicted octanol–water partition coefficient (Wildman–Crippen LogP) is 0.213. The fourth-order valence-electron chi connectivity index (χ4n) is 0.385. The van der Waals surface area contributed by atoms with E-state index in [9.17, 15) is 0 Å². The van der Waals surface area contributed by atoms with Crippen molar-refractivity contribution in [2.24, 2.45) is 0 Å². The lowest BCUT2D eigenvalue weighted by Crippen LogP contribution is -1.47. The summed E-state index contributed by atoms with van der Waals surface area (Å²) in [7, 11) is 1.00. The molecule has 0 aliphatic carbocycles. The van der Waals surface area contributed by atoms with Gasteiger partial charge in [-0.25, -0.2) is 0 Å². The van der Waals surface area contributed by atoms with E-state index in [0.29, 0.717) is 0 Å². The Bertz CT molecular complexity index is 80.5. The SMILES string of the molecule is BO.c1ccccc1. The lowest BCUT2D eigenvalue weighted by atomic mass is 10.4. The van der Waals surface area contributed by atoms with Gasteiger partial charge in [0.2, 0.25) is 0 Å². The normalized spacial score (nSPS) is 6.62. The fraction of sp³-hybridized carbons (Fsp3) is 0. The summed E-state index contributed by atoms with van der Waals surface area (Å²) in [6.45, 7) is 0. The van der Waals surface area contributed by atoms with Crippen molar-refractivity contribution in [3.63, 3.8) is 0 Å². The topological polar surface area (TPSA) is 20.2 Å². The van der Waals surface area contributed by atoms with E-state index in [0.717, 1.165) is 8.05 Å². The van der Waals surface area contributed by atoms with Crippen molar-refractivity contribution in [3.05, 3.63) is 36.4 Å². The molecule has 1 rings (SSSR count). The van der Waals surface area contributed by atoms with Crippen LogP contribution < -0.4 is 0 Å². The standard InChI is InChI=1S/C6H6.BH3O/c1-2-4-6-5-3-1;1-2/h1-6H;2H,1H2. The van der Waals surface area contributed by atoms with Crippen molar-refractivity contribution in [2.45, 2.75) is 0 Å². The maximum Gasteiger partial charge on any atom is 0.252 e. The highest BCUT2D eigenvalue weighted by atomic mass is 16.2. The largest absolute Gasteiger partial charge is 0.458 e. The number of hydrogen-bond acceptors (Lipinski definition) is 1. The Kier molecular flexibility index (Phi) is 5.66. The molecular weight excluding hydrogens is 98.9 g/mol. The average molecular weight is 108 g/mol. The average Bonchev–Trinajstić information content (AvgIpc) is 1.96. The first-order valence-corrected chi connectivity index (χ1v) is 2.45. The van der Waals surface area contributed by atoms with E-state index in [1.807, 2.05) is 36.4 Å². The molecule has 1 aromatic carbocycles. The summed E-state index contributed by atoms with van der Waals surface area (Å²) in [5, 5.41) is 7.00. The lowest BCUT2D eigenvalue weighted by Gasteiger charge is -1.69. The van der Waals surface area contributed by atoms with Crippen LogP contribution in [-0.4, -0.2) is 13.1 Å². The summed E-state index contributed by atoms with van der Waals surface area (Å²) in [6, 6.07) is 12.0. The van der Waals surface area contributed by atoms with E-state index >= 15 is 0 Å². The molecule has 0 saturated heterocycles. The van der Waals surface area contributed by atoms with E-state index < -0.39 is 0 Å². The molecule has 2 heteroatoms. The fourth-order valence-corrected chi connectivity index (χ4v) is 0.385. The molecular formula is C6H9BO. The number of hydrogen-bond donors (Lipinski definition) is 1. The second-order valence-electron chi connectivity index (χ2n) is 1.15. The molecule has 0 aromatic heterocycles. The van der Waals surface area contributed by atoms with Crippen LogP contribution in [0.4, 0.5) is 0 Å². The predicted molar refractivity (Wildman–Crippen MR) is 37.2 cm³/mol. The zero-order valence-corrected chi connectivity index (χ0v) is 4.91. The molecule has 0 spiro atoms. The van der Waals surface area contributed by atoms with Crippen LogP contribution >= 0.6 is 0 Å². The number of rotatable bonds is 0. The maximum absolute atomic E-state index is 7.00. The van der Waals surface area contributed by atoms with Crippen LogP contribution in [-0.2, 0) is 0 Å². The highest BCUT2D eigenvalue weighted by Crippen LogP contribution is 1.79. The Morgan fingerprint density at radius 1 is 0.625 bits per heavy atom. The van der Waals surface area contributed by atoms with Crippen molar-refractivity contribution < 1.29 is 5.02 Å². The van der Waals surface area contributed by atoms with Gasteiger partial charge in [0.05, 0.1) is 0 Å². The summed E-state index contributed by atoms with van der Waals surface area (Å²) in [5.74, 6) is 0. The first-order chi connectivity index (χ1) is 4.00. The summed E-state index contributed by atoms with van der Waals surface area (Å²) < 4.78 is 0. The first kappa shape index (κ1) is 7.24. The zero-order chi connectivity index (χ0) is 6.24. The van der Waals surface area contributed by atoms with Gasteiger partial charge in [-0.3, -0.25) is 0 Å². The zero-order valence-electron chi connectivity index (χ0n) is 4.91. The van der Waals surface area contributed by atoms with Gasteiger partial charge in [0.15, 0.2) is 0 Å². The van der Waals surface area contributed by atoms with Gasteiger partial charge >= 0.3 is 0 Å². The molecule has 0 heterocycles. The molecule has 0 aliphatic rings. The van der Waals surface area contributed by atoms with E-state index in [1.54, 1.807) is 0 Å². The van der Waals surface area contributed by atoms with Gasteiger partial charge in [0.25, 0.3) is 8.05 Å². The van der Waals surface area contributed by atoms with Crippen LogP contribution in [0.5, 0.6) is 0 Å². The Morgan fingerprint density at radius 3 is 0.875 bits per heavy atom. The van der Waals surface area contributed by atoms with E-state index in [4.69, 9.17) is 5.02 Å².